The molecular formula is C21H25N3O2S2. The fourth-order valence-electron chi connectivity index (χ4n) is 2.93. The highest BCUT2D eigenvalue weighted by atomic mass is 32.2. The molecule has 0 spiro atoms. The van der Waals surface area contributed by atoms with E-state index >= 15 is 0 Å². The normalized spacial score (nSPS) is 11.2. The zero-order valence-corrected chi connectivity index (χ0v) is 18.3. The van der Waals surface area contributed by atoms with Crippen LogP contribution in [0.15, 0.2) is 47.4 Å². The summed E-state index contributed by atoms with van der Waals surface area (Å²) in [4.78, 5) is 23.1. The zero-order chi connectivity index (χ0) is 20.1. The van der Waals surface area contributed by atoms with Crippen LogP contribution in [-0.2, 0) is 0 Å². The lowest BCUT2D eigenvalue weighted by atomic mass is 10.2. The van der Waals surface area contributed by atoms with Crippen LogP contribution in [0, 0.1) is 0 Å². The first-order valence-electron chi connectivity index (χ1n) is 9.07. The quantitative estimate of drug-likeness (QED) is 0.502. The highest BCUT2D eigenvalue weighted by Gasteiger charge is 2.22. The van der Waals surface area contributed by atoms with Gasteiger partial charge in [0.05, 0.1) is 11.8 Å². The second-order valence-electron chi connectivity index (χ2n) is 6.65. The van der Waals surface area contributed by atoms with Crippen molar-refractivity contribution in [2.45, 2.75) is 11.3 Å². The number of anilines is 1. The van der Waals surface area contributed by atoms with E-state index < -0.39 is 0 Å². The summed E-state index contributed by atoms with van der Waals surface area (Å²) in [6, 6.07) is 13.6. The van der Waals surface area contributed by atoms with E-state index in [0.717, 1.165) is 33.8 Å². The van der Waals surface area contributed by atoms with E-state index in [9.17, 15) is 4.79 Å². The molecule has 0 N–H and O–H groups in total. The van der Waals surface area contributed by atoms with Crippen LogP contribution in [0.4, 0.5) is 5.13 Å². The average molecular weight is 416 g/mol. The number of hydrogen-bond donors (Lipinski definition) is 0. The molecule has 1 aromatic heterocycles. The molecule has 5 nitrogen and oxygen atoms in total. The number of benzene rings is 2. The van der Waals surface area contributed by atoms with E-state index in [2.05, 4.69) is 4.90 Å². The predicted molar refractivity (Wildman–Crippen MR) is 119 cm³/mol. The average Bonchev–Trinajstić information content (AvgIpc) is 3.14. The van der Waals surface area contributed by atoms with Crippen molar-refractivity contribution in [3.05, 3.63) is 48.0 Å². The molecule has 1 heterocycles. The Labute approximate surface area is 174 Å². The number of carbonyl (C=O) groups is 1. The summed E-state index contributed by atoms with van der Waals surface area (Å²) >= 11 is 3.15. The van der Waals surface area contributed by atoms with Crippen molar-refractivity contribution in [1.29, 1.82) is 0 Å². The number of carbonyl (C=O) groups excluding carboxylic acids is 1. The molecule has 0 aliphatic carbocycles. The topological polar surface area (TPSA) is 45.7 Å². The monoisotopic (exact) mass is 415 g/mol. The van der Waals surface area contributed by atoms with E-state index in [1.165, 1.54) is 11.3 Å². The highest BCUT2D eigenvalue weighted by molar-refractivity contribution is 7.98. The van der Waals surface area contributed by atoms with E-state index in [1.54, 1.807) is 23.8 Å². The minimum atomic E-state index is -0.0207. The molecule has 0 saturated carbocycles. The number of methoxy groups -OCH3 is 1. The van der Waals surface area contributed by atoms with E-state index in [1.807, 2.05) is 62.8 Å². The third kappa shape index (κ3) is 4.66. The van der Waals surface area contributed by atoms with Crippen LogP contribution in [-0.4, -0.2) is 56.3 Å². The minimum absolute atomic E-state index is 0.0207. The molecule has 0 aliphatic heterocycles. The Morgan fingerprint density at radius 1 is 1.18 bits per heavy atom. The Bertz CT molecular complexity index is 956. The first-order chi connectivity index (χ1) is 13.5. The van der Waals surface area contributed by atoms with Gasteiger partial charge < -0.3 is 9.64 Å². The number of aromatic nitrogens is 1. The van der Waals surface area contributed by atoms with Crippen LogP contribution in [0.5, 0.6) is 5.75 Å². The summed E-state index contributed by atoms with van der Waals surface area (Å²) in [5.41, 5.74) is 1.48. The van der Waals surface area contributed by atoms with E-state index in [-0.39, 0.29) is 5.91 Å². The van der Waals surface area contributed by atoms with Crippen molar-refractivity contribution < 1.29 is 9.53 Å². The predicted octanol–water partition coefficient (Wildman–Crippen LogP) is 4.63. The number of amides is 1. The van der Waals surface area contributed by atoms with Crippen molar-refractivity contribution in [2.24, 2.45) is 0 Å². The molecule has 0 atom stereocenters. The molecule has 0 saturated heterocycles. The summed E-state index contributed by atoms with van der Waals surface area (Å²) in [6.07, 6.45) is 2.88. The SMILES string of the molecule is COc1cccc2sc(N(CCCN(C)C)C(=O)c3cccc(SC)c3)nc12. The maximum absolute atomic E-state index is 13.4. The number of rotatable bonds is 8. The number of ether oxygens (including phenoxy) is 1. The van der Waals surface area contributed by atoms with Crippen LogP contribution in [0.3, 0.4) is 0 Å². The standard InChI is InChI=1S/C21H25N3O2S2/c1-23(2)12-7-13-24(20(25)15-8-5-9-16(14-15)27-4)21-22-19-17(26-3)10-6-11-18(19)28-21/h5-6,8-11,14H,7,12-13H2,1-4H3. The number of nitrogens with zero attached hydrogens (tertiary/aromatic N) is 3. The lowest BCUT2D eigenvalue weighted by Gasteiger charge is -2.21. The number of fused-ring (bicyclic) bond motifs is 1. The fraction of sp³-hybridized carbons (Fsp3) is 0.333. The van der Waals surface area contributed by atoms with Gasteiger partial charge in [-0.1, -0.05) is 23.5 Å². The molecule has 0 radical (unpaired) electrons. The van der Waals surface area contributed by atoms with Gasteiger partial charge in [-0.25, -0.2) is 4.98 Å². The van der Waals surface area contributed by atoms with Crippen molar-refractivity contribution in [3.63, 3.8) is 0 Å². The van der Waals surface area contributed by atoms with Gasteiger partial charge in [-0.3, -0.25) is 9.69 Å². The summed E-state index contributed by atoms with van der Waals surface area (Å²) in [5, 5.41) is 0.706. The smallest absolute Gasteiger partial charge is 0.260 e. The van der Waals surface area contributed by atoms with Gasteiger partial charge in [0.1, 0.15) is 11.3 Å². The first kappa shape index (κ1) is 20.6. The largest absolute Gasteiger partial charge is 0.494 e. The van der Waals surface area contributed by atoms with Crippen LogP contribution < -0.4 is 9.64 Å². The molecule has 3 rings (SSSR count). The summed E-state index contributed by atoms with van der Waals surface area (Å²) in [6.45, 7) is 1.52. The Morgan fingerprint density at radius 3 is 2.68 bits per heavy atom. The molecule has 3 aromatic rings. The van der Waals surface area contributed by atoms with Crippen molar-refractivity contribution in [3.8, 4) is 5.75 Å². The van der Waals surface area contributed by atoms with E-state index in [0.29, 0.717) is 17.2 Å². The Balaban J connectivity index is 1.97. The second-order valence-corrected chi connectivity index (χ2v) is 8.54. The van der Waals surface area contributed by atoms with Gasteiger partial charge in [-0.15, -0.1) is 11.8 Å². The van der Waals surface area contributed by atoms with Gasteiger partial charge in [0, 0.05) is 17.0 Å². The number of thiazole rings is 1. The molecule has 1 amide bonds. The van der Waals surface area contributed by atoms with Crippen LogP contribution in [0.25, 0.3) is 10.2 Å². The maximum atomic E-state index is 13.4. The van der Waals surface area contributed by atoms with Gasteiger partial charge in [-0.05, 0) is 63.6 Å². The summed E-state index contributed by atoms with van der Waals surface area (Å²) in [5.74, 6) is 0.706. The van der Waals surface area contributed by atoms with E-state index in [4.69, 9.17) is 9.72 Å². The molecule has 7 heteroatoms. The molecule has 2 aromatic carbocycles. The van der Waals surface area contributed by atoms with Gasteiger partial charge in [-0.2, -0.15) is 0 Å². The summed E-state index contributed by atoms with van der Waals surface area (Å²) < 4.78 is 6.45. The Kier molecular flexibility index (Phi) is 6.93. The maximum Gasteiger partial charge on any atom is 0.260 e. The number of thioether (sulfide) groups is 1. The second kappa shape index (κ2) is 9.41. The Hall–Kier alpha value is -2.09. The molecule has 0 aliphatic rings. The molecule has 0 fully saturated rings. The molecular weight excluding hydrogens is 390 g/mol. The van der Waals surface area contributed by atoms with Crippen LogP contribution in [0.2, 0.25) is 0 Å². The molecule has 0 bridgehead atoms. The van der Waals surface area contributed by atoms with Crippen molar-refractivity contribution in [1.82, 2.24) is 9.88 Å². The molecule has 148 valence electrons. The molecule has 0 unspecified atom stereocenters. The Morgan fingerprint density at radius 2 is 1.96 bits per heavy atom. The van der Waals surface area contributed by atoms with Gasteiger partial charge in [0.25, 0.3) is 5.91 Å². The third-order valence-corrected chi connectivity index (χ3v) is 6.14. The fourth-order valence-corrected chi connectivity index (χ4v) is 4.40. The zero-order valence-electron chi connectivity index (χ0n) is 16.6. The molecule has 28 heavy (non-hydrogen) atoms. The van der Waals surface area contributed by atoms with Gasteiger partial charge in [0.2, 0.25) is 0 Å². The summed E-state index contributed by atoms with van der Waals surface area (Å²) in [7, 11) is 5.72. The van der Waals surface area contributed by atoms with Crippen molar-refractivity contribution in [2.75, 3.05) is 45.5 Å². The van der Waals surface area contributed by atoms with Crippen LogP contribution >= 0.6 is 23.1 Å². The number of hydrogen-bond acceptors (Lipinski definition) is 6. The lowest BCUT2D eigenvalue weighted by Crippen LogP contribution is -2.33. The third-order valence-electron chi connectivity index (χ3n) is 4.37. The minimum Gasteiger partial charge on any atom is -0.494 e. The van der Waals surface area contributed by atoms with Gasteiger partial charge in [0.15, 0.2) is 5.13 Å². The van der Waals surface area contributed by atoms with Gasteiger partial charge >= 0.3 is 0 Å². The first-order valence-corrected chi connectivity index (χ1v) is 11.1. The lowest BCUT2D eigenvalue weighted by molar-refractivity contribution is 0.0986. The van der Waals surface area contributed by atoms with Crippen molar-refractivity contribution >= 4 is 44.4 Å². The highest BCUT2D eigenvalue weighted by Crippen LogP contribution is 2.34. The van der Waals surface area contributed by atoms with Crippen LogP contribution in [0.1, 0.15) is 16.8 Å². The number of para-hydroxylation sites is 1.